The highest BCUT2D eigenvalue weighted by molar-refractivity contribution is 7.90. The summed E-state index contributed by atoms with van der Waals surface area (Å²) in [7, 11) is -3.75. The summed E-state index contributed by atoms with van der Waals surface area (Å²) >= 11 is 0. The van der Waals surface area contributed by atoms with Gasteiger partial charge in [-0.05, 0) is 35.7 Å². The van der Waals surface area contributed by atoms with Gasteiger partial charge in [-0.1, -0.05) is 78.4 Å². The molecule has 0 bridgehead atoms. The van der Waals surface area contributed by atoms with Gasteiger partial charge in [-0.25, -0.2) is 12.4 Å². The number of aliphatic hydroxyl groups excluding tert-OH is 1. The van der Waals surface area contributed by atoms with Gasteiger partial charge >= 0.3 is 0 Å². The third kappa shape index (κ3) is 3.82. The van der Waals surface area contributed by atoms with Gasteiger partial charge in [0.1, 0.15) is 0 Å². The first-order valence-electron chi connectivity index (χ1n) is 9.76. The molecule has 0 aliphatic carbocycles. The second kappa shape index (κ2) is 8.30. The van der Waals surface area contributed by atoms with Crippen LogP contribution in [0.15, 0.2) is 102 Å². The summed E-state index contributed by atoms with van der Waals surface area (Å²) in [4.78, 5) is 0.231. The van der Waals surface area contributed by atoms with E-state index in [-0.39, 0.29) is 17.4 Å². The highest BCUT2D eigenvalue weighted by atomic mass is 32.2. The van der Waals surface area contributed by atoms with Crippen molar-refractivity contribution in [2.75, 3.05) is 6.61 Å². The normalized spacial score (nSPS) is 12.6. The molecule has 5 heteroatoms. The molecule has 0 fully saturated rings. The van der Waals surface area contributed by atoms with Gasteiger partial charge in [0.2, 0.25) is 0 Å². The first-order valence-corrected chi connectivity index (χ1v) is 11.2. The Morgan fingerprint density at radius 1 is 0.833 bits per heavy atom. The van der Waals surface area contributed by atoms with Crippen molar-refractivity contribution in [1.29, 1.82) is 0 Å². The van der Waals surface area contributed by atoms with Crippen LogP contribution in [0.2, 0.25) is 0 Å². The van der Waals surface area contributed by atoms with E-state index in [9.17, 15) is 13.5 Å². The Morgan fingerprint density at radius 2 is 1.43 bits per heavy atom. The highest BCUT2D eigenvalue weighted by Gasteiger charge is 2.24. The minimum Gasteiger partial charge on any atom is -0.395 e. The predicted molar refractivity (Wildman–Crippen MR) is 119 cm³/mol. The second-order valence-corrected chi connectivity index (χ2v) is 9.13. The average molecular weight is 418 g/mol. The van der Waals surface area contributed by atoms with E-state index in [0.29, 0.717) is 0 Å². The Balaban J connectivity index is 1.89. The molecule has 0 saturated carbocycles. The van der Waals surface area contributed by atoms with Crippen molar-refractivity contribution < 1.29 is 13.5 Å². The maximum atomic E-state index is 13.3. The van der Waals surface area contributed by atoms with Gasteiger partial charge < -0.3 is 5.11 Å². The van der Waals surface area contributed by atoms with Crippen LogP contribution in [0.25, 0.3) is 11.1 Å². The van der Waals surface area contributed by atoms with Crippen LogP contribution < -0.4 is 0 Å². The van der Waals surface area contributed by atoms with Crippen molar-refractivity contribution in [2.45, 2.75) is 17.7 Å². The molecule has 4 nitrogen and oxygen atoms in total. The zero-order valence-corrected chi connectivity index (χ0v) is 17.5. The lowest BCUT2D eigenvalue weighted by molar-refractivity contribution is 0.281. The quantitative estimate of drug-likeness (QED) is 0.489. The number of aryl methyl sites for hydroxylation is 1. The fraction of sp³-hybridized carbons (Fsp3) is 0.120. The van der Waals surface area contributed by atoms with Gasteiger partial charge in [-0.3, -0.25) is 0 Å². The molecule has 0 saturated heterocycles. The first-order chi connectivity index (χ1) is 14.5. The van der Waals surface area contributed by atoms with Crippen molar-refractivity contribution >= 4 is 10.0 Å². The number of hydrogen-bond acceptors (Lipinski definition) is 3. The topological polar surface area (TPSA) is 59.3 Å². The fourth-order valence-corrected chi connectivity index (χ4v) is 4.84. The number of aromatic nitrogens is 1. The van der Waals surface area contributed by atoms with E-state index in [1.165, 1.54) is 3.97 Å². The molecule has 1 unspecified atom stereocenters. The molecule has 1 aromatic heterocycles. The third-order valence-electron chi connectivity index (χ3n) is 5.27. The Kier molecular flexibility index (Phi) is 5.57. The number of rotatable bonds is 6. The molecule has 0 aliphatic rings. The zero-order chi connectivity index (χ0) is 21.1. The monoisotopic (exact) mass is 417 g/mol. The lowest BCUT2D eigenvalue weighted by Crippen LogP contribution is -2.11. The molecule has 3 aromatic carbocycles. The molecular formula is C25H23NO3S. The Labute approximate surface area is 177 Å². The standard InChI is InChI=1S/C25H23NO3S/c1-19-12-14-22(15-13-19)30(28,29)26-16-23(20-8-4-2-5-9-20)24(17-26)25(18-27)21-10-6-3-7-11-21/h2-17,25,27H,18H2,1H3. The molecule has 0 spiro atoms. The van der Waals surface area contributed by atoms with Crippen LogP contribution >= 0.6 is 0 Å². The van der Waals surface area contributed by atoms with Crippen molar-refractivity contribution in [3.63, 3.8) is 0 Å². The smallest absolute Gasteiger partial charge is 0.267 e. The summed E-state index contributed by atoms with van der Waals surface area (Å²) in [6, 6.07) is 26.1. The van der Waals surface area contributed by atoms with Crippen molar-refractivity contribution in [1.82, 2.24) is 3.97 Å². The third-order valence-corrected chi connectivity index (χ3v) is 6.91. The van der Waals surface area contributed by atoms with Gasteiger partial charge in [0.05, 0.1) is 11.5 Å². The highest BCUT2D eigenvalue weighted by Crippen LogP contribution is 2.35. The molecule has 1 N–H and O–H groups in total. The van der Waals surface area contributed by atoms with E-state index in [1.807, 2.05) is 67.6 Å². The van der Waals surface area contributed by atoms with Crippen molar-refractivity contribution in [3.8, 4) is 11.1 Å². The first kappa shape index (κ1) is 20.1. The van der Waals surface area contributed by atoms with E-state index in [1.54, 1.807) is 36.7 Å². The molecule has 4 aromatic rings. The maximum absolute atomic E-state index is 13.3. The van der Waals surface area contributed by atoms with E-state index in [4.69, 9.17) is 0 Å². The van der Waals surface area contributed by atoms with E-state index >= 15 is 0 Å². The Bertz CT molecular complexity index is 1230. The van der Waals surface area contributed by atoms with Gasteiger partial charge in [0, 0.05) is 23.9 Å². The molecule has 1 heterocycles. The molecule has 0 radical (unpaired) electrons. The van der Waals surface area contributed by atoms with Crippen molar-refractivity contribution in [2.24, 2.45) is 0 Å². The fourth-order valence-electron chi connectivity index (χ4n) is 3.62. The summed E-state index contributed by atoms with van der Waals surface area (Å²) in [5.41, 5.74) is 4.39. The summed E-state index contributed by atoms with van der Waals surface area (Å²) in [6.45, 7) is 1.79. The molecule has 4 rings (SSSR count). The largest absolute Gasteiger partial charge is 0.395 e. The number of aliphatic hydroxyl groups is 1. The van der Waals surface area contributed by atoms with Crippen molar-refractivity contribution in [3.05, 3.63) is 114 Å². The van der Waals surface area contributed by atoms with Gasteiger partial charge in [0.15, 0.2) is 0 Å². The van der Waals surface area contributed by atoms with E-state index in [2.05, 4.69) is 0 Å². The molecule has 0 amide bonds. The van der Waals surface area contributed by atoms with Gasteiger partial charge in [-0.2, -0.15) is 0 Å². The van der Waals surface area contributed by atoms with E-state index < -0.39 is 10.0 Å². The SMILES string of the molecule is Cc1ccc(S(=O)(=O)n2cc(-c3ccccc3)c(C(CO)c3ccccc3)c2)cc1. The second-order valence-electron chi connectivity index (χ2n) is 7.29. The van der Waals surface area contributed by atoms with Crippen LogP contribution in [0, 0.1) is 6.92 Å². The average Bonchev–Trinajstić information content (AvgIpc) is 3.22. The van der Waals surface area contributed by atoms with Crippen LogP contribution in [0.3, 0.4) is 0 Å². The molecule has 0 aliphatic heterocycles. The lowest BCUT2D eigenvalue weighted by Gasteiger charge is -2.16. The zero-order valence-electron chi connectivity index (χ0n) is 16.6. The van der Waals surface area contributed by atoms with Gasteiger partial charge in [0.25, 0.3) is 10.0 Å². The summed E-state index contributed by atoms with van der Waals surface area (Å²) in [5, 5.41) is 10.2. The van der Waals surface area contributed by atoms with Crippen LogP contribution in [0.5, 0.6) is 0 Å². The van der Waals surface area contributed by atoms with Crippen LogP contribution in [-0.2, 0) is 10.0 Å². The predicted octanol–water partition coefficient (Wildman–Crippen LogP) is 4.82. The van der Waals surface area contributed by atoms with Crippen LogP contribution in [0.4, 0.5) is 0 Å². The van der Waals surface area contributed by atoms with E-state index in [0.717, 1.165) is 27.8 Å². The minimum absolute atomic E-state index is 0.127. The Morgan fingerprint density at radius 3 is 2.03 bits per heavy atom. The lowest BCUT2D eigenvalue weighted by atomic mass is 9.89. The molecule has 1 atom stereocenters. The minimum atomic E-state index is -3.75. The summed E-state index contributed by atoms with van der Waals surface area (Å²) in [5.74, 6) is -0.337. The van der Waals surface area contributed by atoms with Crippen LogP contribution in [-0.4, -0.2) is 24.1 Å². The number of nitrogens with zero attached hydrogens (tertiary/aromatic N) is 1. The summed E-state index contributed by atoms with van der Waals surface area (Å²) < 4.78 is 27.8. The molecular weight excluding hydrogens is 394 g/mol. The van der Waals surface area contributed by atoms with Crippen LogP contribution in [0.1, 0.15) is 22.6 Å². The number of benzene rings is 3. The Hall–Kier alpha value is -3.15. The molecule has 30 heavy (non-hydrogen) atoms. The number of hydrogen-bond donors (Lipinski definition) is 1. The summed E-state index contributed by atoms with van der Waals surface area (Å²) in [6.07, 6.45) is 3.27. The molecule has 152 valence electrons. The van der Waals surface area contributed by atoms with Gasteiger partial charge in [-0.15, -0.1) is 0 Å². The maximum Gasteiger partial charge on any atom is 0.267 e.